The molecule has 1 aliphatic heterocycles. The van der Waals surface area contributed by atoms with E-state index < -0.39 is 0 Å². The Balaban J connectivity index is 1.87. The third kappa shape index (κ3) is 4.77. The molecule has 0 bridgehead atoms. The van der Waals surface area contributed by atoms with Crippen LogP contribution in [-0.2, 0) is 16.0 Å². The Labute approximate surface area is 131 Å². The van der Waals surface area contributed by atoms with Crippen LogP contribution < -0.4 is 0 Å². The number of ether oxygens (including phenoxy) is 1. The summed E-state index contributed by atoms with van der Waals surface area (Å²) in [5, 5.41) is 0.650. The molecule has 21 heavy (non-hydrogen) atoms. The van der Waals surface area contributed by atoms with Gasteiger partial charge in [0, 0.05) is 18.1 Å². The molecule has 0 N–H and O–H groups in total. The van der Waals surface area contributed by atoms with Crippen molar-refractivity contribution in [2.45, 2.75) is 19.3 Å². The Kier molecular flexibility index (Phi) is 6.10. The molecule has 1 aliphatic rings. The molecule has 1 atom stereocenters. The molecule has 1 fully saturated rings. The van der Waals surface area contributed by atoms with E-state index >= 15 is 0 Å². The van der Waals surface area contributed by atoms with E-state index in [1.165, 1.54) is 0 Å². The molecule has 1 heterocycles. The Morgan fingerprint density at radius 1 is 1.48 bits per heavy atom. The van der Waals surface area contributed by atoms with E-state index in [1.807, 2.05) is 29.2 Å². The number of benzene rings is 1. The van der Waals surface area contributed by atoms with Crippen LogP contribution >= 0.6 is 11.6 Å². The van der Waals surface area contributed by atoms with Crippen LogP contribution in [0.15, 0.2) is 24.3 Å². The van der Waals surface area contributed by atoms with Crippen molar-refractivity contribution >= 4 is 17.5 Å². The standard InChI is InChI=1S/C17H20ClNO2/c1-2-10-21-13-14-6-5-9-19(12-14)17(20)11-15-7-3-4-8-16(15)18/h1,3-4,7-8,14H,5-6,9-13H2. The second-order valence-electron chi connectivity index (χ2n) is 5.34. The fraction of sp³-hybridized carbons (Fsp3) is 0.471. The number of piperidine rings is 1. The molecule has 1 saturated heterocycles. The number of hydrogen-bond acceptors (Lipinski definition) is 2. The summed E-state index contributed by atoms with van der Waals surface area (Å²) in [6.45, 7) is 2.52. The van der Waals surface area contributed by atoms with Gasteiger partial charge in [0.1, 0.15) is 6.61 Å². The lowest BCUT2D eigenvalue weighted by Crippen LogP contribution is -2.42. The van der Waals surface area contributed by atoms with Crippen molar-refractivity contribution in [1.82, 2.24) is 4.90 Å². The average Bonchev–Trinajstić information content (AvgIpc) is 2.50. The Morgan fingerprint density at radius 2 is 2.29 bits per heavy atom. The number of hydrogen-bond donors (Lipinski definition) is 0. The molecule has 112 valence electrons. The summed E-state index contributed by atoms with van der Waals surface area (Å²) in [6, 6.07) is 7.49. The molecule has 1 aromatic rings. The van der Waals surface area contributed by atoms with Gasteiger partial charge in [0.15, 0.2) is 0 Å². The minimum atomic E-state index is 0.129. The summed E-state index contributed by atoms with van der Waals surface area (Å²) < 4.78 is 5.39. The number of amides is 1. The van der Waals surface area contributed by atoms with Crippen LogP contribution in [0.1, 0.15) is 18.4 Å². The molecule has 3 nitrogen and oxygen atoms in total. The first-order valence-electron chi connectivity index (χ1n) is 7.23. The predicted molar refractivity (Wildman–Crippen MR) is 84.1 cm³/mol. The van der Waals surface area contributed by atoms with E-state index in [0.717, 1.165) is 31.5 Å². The summed E-state index contributed by atoms with van der Waals surface area (Å²) in [4.78, 5) is 14.3. The summed E-state index contributed by atoms with van der Waals surface area (Å²) >= 11 is 6.11. The van der Waals surface area contributed by atoms with Gasteiger partial charge in [-0.05, 0) is 30.4 Å². The molecule has 0 aliphatic carbocycles. The zero-order chi connectivity index (χ0) is 15.1. The van der Waals surface area contributed by atoms with Crippen molar-refractivity contribution in [2.75, 3.05) is 26.3 Å². The van der Waals surface area contributed by atoms with Gasteiger partial charge < -0.3 is 9.64 Å². The number of halogens is 1. The maximum absolute atomic E-state index is 12.4. The van der Waals surface area contributed by atoms with Gasteiger partial charge in [-0.2, -0.15) is 0 Å². The largest absolute Gasteiger partial charge is 0.368 e. The van der Waals surface area contributed by atoms with Crippen molar-refractivity contribution in [1.29, 1.82) is 0 Å². The van der Waals surface area contributed by atoms with Gasteiger partial charge >= 0.3 is 0 Å². The van der Waals surface area contributed by atoms with E-state index in [4.69, 9.17) is 22.8 Å². The molecule has 1 aromatic carbocycles. The third-order valence-corrected chi connectivity index (χ3v) is 4.08. The molecule has 2 rings (SSSR count). The van der Waals surface area contributed by atoms with Crippen LogP contribution in [0.3, 0.4) is 0 Å². The normalized spacial score (nSPS) is 18.3. The topological polar surface area (TPSA) is 29.5 Å². The fourth-order valence-corrected chi connectivity index (χ4v) is 2.83. The van der Waals surface area contributed by atoms with E-state index in [2.05, 4.69) is 5.92 Å². The molecular weight excluding hydrogens is 286 g/mol. The zero-order valence-corrected chi connectivity index (χ0v) is 12.8. The maximum atomic E-state index is 12.4. The van der Waals surface area contributed by atoms with Gasteiger partial charge in [-0.25, -0.2) is 0 Å². The quantitative estimate of drug-likeness (QED) is 0.618. The fourth-order valence-electron chi connectivity index (χ4n) is 2.63. The molecule has 0 radical (unpaired) electrons. The molecule has 0 aromatic heterocycles. The number of rotatable bonds is 5. The molecule has 0 spiro atoms. The first kappa shape index (κ1) is 15.9. The smallest absolute Gasteiger partial charge is 0.227 e. The minimum Gasteiger partial charge on any atom is -0.368 e. The van der Waals surface area contributed by atoms with Crippen LogP contribution in [0, 0.1) is 18.3 Å². The Morgan fingerprint density at radius 3 is 3.05 bits per heavy atom. The summed E-state index contributed by atoms with van der Waals surface area (Å²) in [6.07, 6.45) is 7.62. The van der Waals surface area contributed by atoms with Gasteiger partial charge in [0.05, 0.1) is 13.0 Å². The lowest BCUT2D eigenvalue weighted by atomic mass is 9.98. The zero-order valence-electron chi connectivity index (χ0n) is 12.1. The van der Waals surface area contributed by atoms with Gasteiger partial charge in [-0.3, -0.25) is 4.79 Å². The Bertz CT molecular complexity index is 524. The van der Waals surface area contributed by atoms with Crippen molar-refractivity contribution in [2.24, 2.45) is 5.92 Å². The molecule has 1 unspecified atom stereocenters. The predicted octanol–water partition coefficient (Wildman–Crippen LogP) is 2.77. The highest BCUT2D eigenvalue weighted by Crippen LogP contribution is 2.20. The number of carbonyl (C=O) groups excluding carboxylic acids is 1. The molecule has 4 heteroatoms. The van der Waals surface area contributed by atoms with Crippen molar-refractivity contribution < 1.29 is 9.53 Å². The van der Waals surface area contributed by atoms with Crippen LogP contribution in [0.5, 0.6) is 0 Å². The highest BCUT2D eigenvalue weighted by molar-refractivity contribution is 6.31. The van der Waals surface area contributed by atoms with Crippen LogP contribution in [0.2, 0.25) is 5.02 Å². The van der Waals surface area contributed by atoms with E-state index in [-0.39, 0.29) is 5.91 Å². The van der Waals surface area contributed by atoms with E-state index in [0.29, 0.717) is 30.6 Å². The SMILES string of the molecule is C#CCOCC1CCCN(C(=O)Cc2ccccc2Cl)C1. The van der Waals surface area contributed by atoms with E-state index in [9.17, 15) is 4.79 Å². The van der Waals surface area contributed by atoms with Gasteiger partial charge in [0.25, 0.3) is 0 Å². The number of likely N-dealkylation sites (tertiary alicyclic amines) is 1. The van der Waals surface area contributed by atoms with Crippen molar-refractivity contribution in [3.05, 3.63) is 34.9 Å². The third-order valence-electron chi connectivity index (χ3n) is 3.71. The average molecular weight is 306 g/mol. The lowest BCUT2D eigenvalue weighted by molar-refractivity contribution is -0.132. The number of terminal acetylenes is 1. The highest BCUT2D eigenvalue weighted by atomic mass is 35.5. The monoisotopic (exact) mass is 305 g/mol. The molecule has 0 saturated carbocycles. The number of carbonyl (C=O) groups is 1. The maximum Gasteiger partial charge on any atom is 0.227 e. The van der Waals surface area contributed by atoms with Crippen molar-refractivity contribution in [3.8, 4) is 12.3 Å². The van der Waals surface area contributed by atoms with Crippen LogP contribution in [-0.4, -0.2) is 37.1 Å². The molecule has 1 amide bonds. The summed E-state index contributed by atoms with van der Waals surface area (Å²) in [5.74, 6) is 2.97. The van der Waals surface area contributed by atoms with E-state index in [1.54, 1.807) is 0 Å². The number of nitrogens with zero attached hydrogens (tertiary/aromatic N) is 1. The van der Waals surface area contributed by atoms with Gasteiger partial charge in [-0.1, -0.05) is 35.7 Å². The second kappa shape index (κ2) is 8.07. The first-order chi connectivity index (χ1) is 10.2. The van der Waals surface area contributed by atoms with Crippen molar-refractivity contribution in [3.63, 3.8) is 0 Å². The second-order valence-corrected chi connectivity index (χ2v) is 5.74. The van der Waals surface area contributed by atoms with Gasteiger partial charge in [0.2, 0.25) is 5.91 Å². The summed E-state index contributed by atoms with van der Waals surface area (Å²) in [7, 11) is 0. The minimum absolute atomic E-state index is 0.129. The lowest BCUT2D eigenvalue weighted by Gasteiger charge is -2.32. The van der Waals surface area contributed by atoms with Crippen LogP contribution in [0.4, 0.5) is 0 Å². The molecular formula is C17H20ClNO2. The highest BCUT2D eigenvalue weighted by Gasteiger charge is 2.24. The van der Waals surface area contributed by atoms with Gasteiger partial charge in [-0.15, -0.1) is 6.42 Å². The Hall–Kier alpha value is -1.50. The first-order valence-corrected chi connectivity index (χ1v) is 7.61. The summed E-state index contributed by atoms with van der Waals surface area (Å²) in [5.41, 5.74) is 0.884. The van der Waals surface area contributed by atoms with Crippen LogP contribution in [0.25, 0.3) is 0 Å².